The number of nitrogens with zero attached hydrogens (tertiary/aromatic N) is 2. The van der Waals surface area contributed by atoms with Gasteiger partial charge >= 0.3 is 0 Å². The van der Waals surface area contributed by atoms with Crippen LogP contribution in [0.25, 0.3) is 0 Å². The van der Waals surface area contributed by atoms with Crippen LogP contribution in [0.5, 0.6) is 5.88 Å². The zero-order valence-corrected chi connectivity index (χ0v) is 6.00. The van der Waals surface area contributed by atoms with Gasteiger partial charge in [0.15, 0.2) is 0 Å². The maximum absolute atomic E-state index is 9.81. The number of hydrogen-bond acceptors (Lipinski definition) is 3. The Hall–Kier alpha value is -1.03. The fraction of sp³-hybridized carbons (Fsp3) is 0.200. The lowest BCUT2D eigenvalue weighted by Gasteiger charge is -1.87. The third-order valence-corrected chi connectivity index (χ3v) is 1.17. The largest absolute Gasteiger partial charge is 0.406 e. The minimum atomic E-state index is 0.138. The predicted molar refractivity (Wildman–Crippen MR) is 34.9 cm³/mol. The first-order valence-electron chi connectivity index (χ1n) is 2.53. The molecule has 5 heteroatoms. The zero-order chi connectivity index (χ0) is 7.56. The van der Waals surface area contributed by atoms with Gasteiger partial charge in [-0.05, 0) is 0 Å². The van der Waals surface area contributed by atoms with E-state index in [1.165, 1.54) is 4.68 Å². The maximum Gasteiger partial charge on any atom is 0.299 e. The van der Waals surface area contributed by atoms with Gasteiger partial charge < -0.3 is 4.74 Å². The van der Waals surface area contributed by atoms with Gasteiger partial charge in [0.2, 0.25) is 0 Å². The molecule has 0 fully saturated rings. The predicted octanol–water partition coefficient (Wildman–Crippen LogP) is 0.609. The third-order valence-electron chi connectivity index (χ3n) is 0.913. The van der Waals surface area contributed by atoms with Gasteiger partial charge in [-0.15, -0.1) is 5.10 Å². The van der Waals surface area contributed by atoms with Gasteiger partial charge in [0.05, 0.1) is 0 Å². The number of aromatic nitrogens is 2. The summed E-state index contributed by atoms with van der Waals surface area (Å²) >= 11 is 5.56. The van der Waals surface area contributed by atoms with Crippen LogP contribution in [0.1, 0.15) is 0 Å². The second-order valence-corrected chi connectivity index (χ2v) is 2.08. The normalized spacial score (nSPS) is 9.40. The monoisotopic (exact) mass is 160 g/mol. The molecule has 0 amide bonds. The minimum absolute atomic E-state index is 0.138. The van der Waals surface area contributed by atoms with Gasteiger partial charge in [0, 0.05) is 13.2 Å². The summed E-state index contributed by atoms with van der Waals surface area (Å²) in [5.41, 5.74) is 0. The molecule has 0 spiro atoms. The molecule has 0 saturated heterocycles. The summed E-state index contributed by atoms with van der Waals surface area (Å²) in [6.07, 6.45) is 1.54. The lowest BCUT2D eigenvalue weighted by Crippen LogP contribution is -1.91. The van der Waals surface area contributed by atoms with E-state index in [0.29, 0.717) is 5.02 Å². The van der Waals surface area contributed by atoms with Crippen LogP contribution in [0.3, 0.4) is 0 Å². The topological polar surface area (TPSA) is 44.1 Å². The van der Waals surface area contributed by atoms with E-state index in [2.05, 4.69) is 9.84 Å². The van der Waals surface area contributed by atoms with Crippen LogP contribution in [-0.2, 0) is 11.8 Å². The van der Waals surface area contributed by atoms with Crippen molar-refractivity contribution in [1.29, 1.82) is 0 Å². The van der Waals surface area contributed by atoms with Crippen LogP contribution >= 0.6 is 11.6 Å². The Morgan fingerprint density at radius 2 is 2.60 bits per heavy atom. The number of aryl methyl sites for hydroxylation is 1. The van der Waals surface area contributed by atoms with E-state index in [4.69, 9.17) is 11.6 Å². The van der Waals surface area contributed by atoms with Crippen LogP contribution in [0.15, 0.2) is 6.20 Å². The molecule has 1 heterocycles. The molecule has 0 radical (unpaired) electrons. The smallest absolute Gasteiger partial charge is 0.299 e. The molecular weight excluding hydrogens is 156 g/mol. The number of carbonyl (C=O) groups excluding carboxylic acids is 1. The molecular formula is C5H5ClN2O2. The molecule has 0 unspecified atom stereocenters. The van der Waals surface area contributed by atoms with Crippen molar-refractivity contribution in [3.63, 3.8) is 0 Å². The zero-order valence-electron chi connectivity index (χ0n) is 5.24. The number of ether oxygens (including phenoxy) is 1. The van der Waals surface area contributed by atoms with Crippen molar-refractivity contribution >= 4 is 18.1 Å². The Kier molecular flexibility index (Phi) is 1.91. The van der Waals surface area contributed by atoms with Crippen LogP contribution in [0.4, 0.5) is 0 Å². The average molecular weight is 161 g/mol. The molecule has 0 saturated carbocycles. The number of carbonyl (C=O) groups is 1. The number of halogens is 1. The van der Waals surface area contributed by atoms with Crippen molar-refractivity contribution < 1.29 is 9.53 Å². The van der Waals surface area contributed by atoms with Gasteiger partial charge in [-0.1, -0.05) is 11.6 Å². The van der Waals surface area contributed by atoms with Crippen molar-refractivity contribution in [2.45, 2.75) is 0 Å². The first-order valence-corrected chi connectivity index (χ1v) is 2.91. The maximum atomic E-state index is 9.81. The highest BCUT2D eigenvalue weighted by atomic mass is 35.5. The first-order chi connectivity index (χ1) is 4.74. The van der Waals surface area contributed by atoms with E-state index in [9.17, 15) is 4.79 Å². The Labute approximate surface area is 62.3 Å². The summed E-state index contributed by atoms with van der Waals surface area (Å²) in [7, 11) is 1.68. The van der Waals surface area contributed by atoms with Crippen LogP contribution in [0.2, 0.25) is 5.02 Å². The van der Waals surface area contributed by atoms with Gasteiger partial charge in [0.1, 0.15) is 5.02 Å². The molecule has 0 aliphatic heterocycles. The van der Waals surface area contributed by atoms with Crippen molar-refractivity contribution in [2.75, 3.05) is 0 Å². The molecule has 10 heavy (non-hydrogen) atoms. The quantitative estimate of drug-likeness (QED) is 0.596. The molecule has 0 aliphatic rings. The van der Waals surface area contributed by atoms with Crippen LogP contribution < -0.4 is 4.74 Å². The second kappa shape index (κ2) is 2.70. The van der Waals surface area contributed by atoms with E-state index in [0.717, 1.165) is 0 Å². The van der Waals surface area contributed by atoms with E-state index in [1.54, 1.807) is 13.2 Å². The molecule has 0 atom stereocenters. The van der Waals surface area contributed by atoms with Crippen LogP contribution in [-0.4, -0.2) is 16.3 Å². The SMILES string of the molecule is Cn1cc(Cl)c(OC=O)n1. The van der Waals surface area contributed by atoms with Crippen molar-refractivity contribution in [3.05, 3.63) is 11.2 Å². The molecule has 0 N–H and O–H groups in total. The average Bonchev–Trinajstić information content (AvgIpc) is 2.13. The van der Waals surface area contributed by atoms with E-state index in [-0.39, 0.29) is 12.4 Å². The third kappa shape index (κ3) is 1.27. The standard InChI is InChI=1S/C5H5ClN2O2/c1-8-2-4(6)5(7-8)10-3-9/h2-3H,1H3. The molecule has 0 bridgehead atoms. The summed E-state index contributed by atoms with van der Waals surface area (Å²) < 4.78 is 5.87. The molecule has 4 nitrogen and oxygen atoms in total. The highest BCUT2D eigenvalue weighted by Crippen LogP contribution is 2.19. The van der Waals surface area contributed by atoms with Gasteiger partial charge in [-0.25, -0.2) is 0 Å². The van der Waals surface area contributed by atoms with Crippen LogP contribution in [0, 0.1) is 0 Å². The van der Waals surface area contributed by atoms with E-state index < -0.39 is 0 Å². The summed E-state index contributed by atoms with van der Waals surface area (Å²) in [4.78, 5) is 9.81. The summed E-state index contributed by atoms with van der Waals surface area (Å²) in [6, 6.07) is 0. The second-order valence-electron chi connectivity index (χ2n) is 1.67. The minimum Gasteiger partial charge on any atom is -0.406 e. The highest BCUT2D eigenvalue weighted by molar-refractivity contribution is 6.31. The Morgan fingerprint density at radius 3 is 3.00 bits per heavy atom. The molecule has 1 aromatic heterocycles. The molecule has 0 aromatic carbocycles. The molecule has 1 aromatic rings. The Bertz CT molecular complexity index is 246. The lowest BCUT2D eigenvalue weighted by molar-refractivity contribution is -0.120. The number of rotatable bonds is 2. The van der Waals surface area contributed by atoms with E-state index in [1.807, 2.05) is 0 Å². The first kappa shape index (κ1) is 7.08. The van der Waals surface area contributed by atoms with Gasteiger partial charge in [0.25, 0.3) is 12.4 Å². The van der Waals surface area contributed by atoms with Crippen molar-refractivity contribution in [3.8, 4) is 5.88 Å². The highest BCUT2D eigenvalue weighted by Gasteiger charge is 2.04. The Morgan fingerprint density at radius 1 is 1.90 bits per heavy atom. The molecule has 1 rings (SSSR count). The van der Waals surface area contributed by atoms with Crippen molar-refractivity contribution in [1.82, 2.24) is 9.78 Å². The fourth-order valence-electron chi connectivity index (χ4n) is 0.565. The van der Waals surface area contributed by atoms with Gasteiger partial charge in [-0.3, -0.25) is 9.48 Å². The fourth-order valence-corrected chi connectivity index (χ4v) is 0.788. The summed E-state index contributed by atoms with van der Waals surface area (Å²) in [5.74, 6) is 0.138. The summed E-state index contributed by atoms with van der Waals surface area (Å²) in [5, 5.41) is 4.06. The van der Waals surface area contributed by atoms with E-state index >= 15 is 0 Å². The van der Waals surface area contributed by atoms with Gasteiger partial charge in [-0.2, -0.15) is 0 Å². The molecule has 0 aliphatic carbocycles. The Balaban J connectivity index is 2.91. The van der Waals surface area contributed by atoms with Crippen molar-refractivity contribution in [2.24, 2.45) is 7.05 Å². The molecule has 54 valence electrons. The summed E-state index contributed by atoms with van der Waals surface area (Å²) in [6.45, 7) is 0.286. The number of hydrogen-bond donors (Lipinski definition) is 0. The lowest BCUT2D eigenvalue weighted by atomic mass is 10.7.